The second kappa shape index (κ2) is 6.14. The van der Waals surface area contributed by atoms with E-state index >= 15 is 0 Å². The van der Waals surface area contributed by atoms with E-state index in [4.69, 9.17) is 4.74 Å². The Bertz CT molecular complexity index is 417. The lowest BCUT2D eigenvalue weighted by Gasteiger charge is -2.22. The number of aryl methyl sites for hydroxylation is 2. The molecular formula is C16H22O2. The summed E-state index contributed by atoms with van der Waals surface area (Å²) in [6.07, 6.45) is 3.66. The SMILES string of the molecule is CCc1ccc(CC)c(C(=O)C2CCOCC2)c1. The quantitative estimate of drug-likeness (QED) is 0.761. The van der Waals surface area contributed by atoms with Crippen molar-refractivity contribution < 1.29 is 9.53 Å². The van der Waals surface area contributed by atoms with Crippen LogP contribution in [-0.4, -0.2) is 19.0 Å². The Morgan fingerprint density at radius 2 is 1.94 bits per heavy atom. The molecule has 1 heterocycles. The predicted molar refractivity (Wildman–Crippen MR) is 73.1 cm³/mol. The Morgan fingerprint density at radius 1 is 1.22 bits per heavy atom. The van der Waals surface area contributed by atoms with Crippen molar-refractivity contribution in [2.75, 3.05) is 13.2 Å². The van der Waals surface area contributed by atoms with E-state index in [1.54, 1.807) is 0 Å². The van der Waals surface area contributed by atoms with Gasteiger partial charge in [0.15, 0.2) is 5.78 Å². The number of hydrogen-bond donors (Lipinski definition) is 0. The van der Waals surface area contributed by atoms with Crippen LogP contribution in [0.1, 0.15) is 48.2 Å². The minimum Gasteiger partial charge on any atom is -0.381 e. The monoisotopic (exact) mass is 246 g/mol. The smallest absolute Gasteiger partial charge is 0.166 e. The van der Waals surface area contributed by atoms with Gasteiger partial charge in [-0.1, -0.05) is 26.0 Å². The van der Waals surface area contributed by atoms with E-state index in [0.29, 0.717) is 5.78 Å². The number of ether oxygens (including phenoxy) is 1. The van der Waals surface area contributed by atoms with Crippen LogP contribution in [0.3, 0.4) is 0 Å². The van der Waals surface area contributed by atoms with Crippen molar-refractivity contribution in [1.29, 1.82) is 0 Å². The molecule has 0 saturated carbocycles. The van der Waals surface area contributed by atoms with Crippen molar-refractivity contribution in [1.82, 2.24) is 0 Å². The van der Waals surface area contributed by atoms with Gasteiger partial charge in [0.1, 0.15) is 0 Å². The molecule has 1 aromatic rings. The standard InChI is InChI=1S/C16H22O2/c1-3-12-5-6-13(4-2)15(11-12)16(17)14-7-9-18-10-8-14/h5-6,11,14H,3-4,7-10H2,1-2H3. The first-order chi connectivity index (χ1) is 8.76. The van der Waals surface area contributed by atoms with Gasteiger partial charge in [0.2, 0.25) is 0 Å². The van der Waals surface area contributed by atoms with Crippen molar-refractivity contribution in [2.45, 2.75) is 39.5 Å². The van der Waals surface area contributed by atoms with Crippen molar-refractivity contribution >= 4 is 5.78 Å². The molecule has 0 bridgehead atoms. The summed E-state index contributed by atoms with van der Waals surface area (Å²) in [7, 11) is 0. The molecule has 0 N–H and O–H groups in total. The zero-order valence-corrected chi connectivity index (χ0v) is 11.4. The average molecular weight is 246 g/mol. The minimum atomic E-state index is 0.163. The van der Waals surface area contributed by atoms with Gasteiger partial charge in [-0.15, -0.1) is 0 Å². The van der Waals surface area contributed by atoms with Crippen LogP contribution >= 0.6 is 0 Å². The zero-order valence-electron chi connectivity index (χ0n) is 11.4. The fourth-order valence-corrected chi connectivity index (χ4v) is 2.56. The van der Waals surface area contributed by atoms with Crippen LogP contribution in [0.15, 0.2) is 18.2 Å². The number of hydrogen-bond acceptors (Lipinski definition) is 2. The molecule has 1 fully saturated rings. The number of ketones is 1. The van der Waals surface area contributed by atoms with E-state index in [1.165, 1.54) is 11.1 Å². The number of carbonyl (C=O) groups is 1. The molecule has 1 aliphatic heterocycles. The van der Waals surface area contributed by atoms with Gasteiger partial charge in [0.25, 0.3) is 0 Å². The van der Waals surface area contributed by atoms with Crippen LogP contribution in [0.4, 0.5) is 0 Å². The van der Waals surface area contributed by atoms with Gasteiger partial charge in [0.05, 0.1) is 0 Å². The molecule has 0 aromatic heterocycles. The van der Waals surface area contributed by atoms with Crippen LogP contribution in [-0.2, 0) is 17.6 Å². The van der Waals surface area contributed by atoms with Crippen molar-refractivity contribution in [3.05, 3.63) is 34.9 Å². The Kier molecular flexibility index (Phi) is 4.54. The summed E-state index contributed by atoms with van der Waals surface area (Å²) >= 11 is 0. The van der Waals surface area contributed by atoms with E-state index < -0.39 is 0 Å². The topological polar surface area (TPSA) is 26.3 Å². The maximum atomic E-state index is 12.6. The molecule has 2 nitrogen and oxygen atoms in total. The Hall–Kier alpha value is -1.15. The Balaban J connectivity index is 2.26. The third-order valence-corrected chi connectivity index (χ3v) is 3.82. The molecule has 0 atom stereocenters. The zero-order chi connectivity index (χ0) is 13.0. The highest BCUT2D eigenvalue weighted by atomic mass is 16.5. The van der Waals surface area contributed by atoms with Gasteiger partial charge in [-0.25, -0.2) is 0 Å². The lowest BCUT2D eigenvalue weighted by atomic mass is 9.87. The largest absolute Gasteiger partial charge is 0.381 e. The number of Topliss-reactive ketones (excluding diaryl/α,β-unsaturated/α-hetero) is 1. The van der Waals surface area contributed by atoms with Gasteiger partial charge in [-0.2, -0.15) is 0 Å². The molecule has 2 heteroatoms. The third kappa shape index (κ3) is 2.81. The van der Waals surface area contributed by atoms with Crippen molar-refractivity contribution in [3.63, 3.8) is 0 Å². The first-order valence-corrected chi connectivity index (χ1v) is 7.00. The van der Waals surface area contributed by atoms with Crippen LogP contribution < -0.4 is 0 Å². The molecule has 0 aliphatic carbocycles. The van der Waals surface area contributed by atoms with E-state index in [1.807, 2.05) is 0 Å². The molecule has 0 radical (unpaired) electrons. The maximum Gasteiger partial charge on any atom is 0.166 e. The van der Waals surface area contributed by atoms with E-state index in [0.717, 1.165) is 44.5 Å². The second-order valence-corrected chi connectivity index (χ2v) is 4.95. The third-order valence-electron chi connectivity index (χ3n) is 3.82. The van der Waals surface area contributed by atoms with Crippen LogP contribution in [0.2, 0.25) is 0 Å². The van der Waals surface area contributed by atoms with Gasteiger partial charge >= 0.3 is 0 Å². The fourth-order valence-electron chi connectivity index (χ4n) is 2.56. The highest BCUT2D eigenvalue weighted by Gasteiger charge is 2.24. The maximum absolute atomic E-state index is 12.6. The molecule has 1 aliphatic rings. The summed E-state index contributed by atoms with van der Waals surface area (Å²) in [4.78, 5) is 12.6. The average Bonchev–Trinajstić information content (AvgIpc) is 2.46. The van der Waals surface area contributed by atoms with Gasteiger partial charge < -0.3 is 4.74 Å². The van der Waals surface area contributed by atoms with Gasteiger partial charge in [-0.3, -0.25) is 4.79 Å². The summed E-state index contributed by atoms with van der Waals surface area (Å²) in [5.74, 6) is 0.488. The van der Waals surface area contributed by atoms with Crippen molar-refractivity contribution in [3.8, 4) is 0 Å². The number of rotatable bonds is 4. The molecule has 0 spiro atoms. The highest BCUT2D eigenvalue weighted by molar-refractivity contribution is 5.99. The molecule has 0 unspecified atom stereocenters. The summed E-state index contributed by atoms with van der Waals surface area (Å²) < 4.78 is 5.33. The Morgan fingerprint density at radius 3 is 2.56 bits per heavy atom. The second-order valence-electron chi connectivity index (χ2n) is 4.95. The normalized spacial score (nSPS) is 16.8. The van der Waals surface area contributed by atoms with E-state index in [-0.39, 0.29) is 5.92 Å². The first-order valence-electron chi connectivity index (χ1n) is 7.00. The number of carbonyl (C=O) groups excluding carboxylic acids is 1. The molecule has 1 saturated heterocycles. The number of benzene rings is 1. The molecular weight excluding hydrogens is 224 g/mol. The summed E-state index contributed by atoms with van der Waals surface area (Å²) in [5, 5.41) is 0. The van der Waals surface area contributed by atoms with Gasteiger partial charge in [-0.05, 0) is 42.9 Å². The highest BCUT2D eigenvalue weighted by Crippen LogP contribution is 2.23. The molecule has 18 heavy (non-hydrogen) atoms. The summed E-state index contributed by atoms with van der Waals surface area (Å²) in [5.41, 5.74) is 3.38. The van der Waals surface area contributed by atoms with E-state index in [2.05, 4.69) is 32.0 Å². The van der Waals surface area contributed by atoms with Crippen LogP contribution in [0, 0.1) is 5.92 Å². The molecule has 2 rings (SSSR count). The lowest BCUT2D eigenvalue weighted by Crippen LogP contribution is -2.24. The fraction of sp³-hybridized carbons (Fsp3) is 0.562. The minimum absolute atomic E-state index is 0.163. The lowest BCUT2D eigenvalue weighted by molar-refractivity contribution is 0.0544. The molecule has 98 valence electrons. The van der Waals surface area contributed by atoms with Gasteiger partial charge in [0, 0.05) is 24.7 Å². The molecule has 0 amide bonds. The van der Waals surface area contributed by atoms with E-state index in [9.17, 15) is 4.79 Å². The van der Waals surface area contributed by atoms with Crippen molar-refractivity contribution in [2.24, 2.45) is 5.92 Å². The summed E-state index contributed by atoms with van der Waals surface area (Å²) in [6.45, 7) is 5.70. The Labute approximate surface area is 109 Å². The summed E-state index contributed by atoms with van der Waals surface area (Å²) in [6, 6.07) is 6.35. The molecule has 1 aromatic carbocycles. The predicted octanol–water partition coefficient (Wildman–Crippen LogP) is 3.42. The van der Waals surface area contributed by atoms with Crippen LogP contribution in [0.25, 0.3) is 0 Å². The first kappa shape index (κ1) is 13.3. The van der Waals surface area contributed by atoms with Crippen LogP contribution in [0.5, 0.6) is 0 Å².